The Morgan fingerprint density at radius 1 is 0.941 bits per heavy atom. The second-order valence-corrected chi connectivity index (χ2v) is 4.36. The first-order valence-corrected chi connectivity index (χ1v) is 6.30. The molecule has 0 aromatic carbocycles. The Labute approximate surface area is 103 Å². The lowest BCUT2D eigenvalue weighted by molar-refractivity contribution is -0.913. The van der Waals surface area contributed by atoms with Crippen LogP contribution < -0.4 is 9.13 Å². The number of aromatic nitrogens is 2. The van der Waals surface area contributed by atoms with Gasteiger partial charge in [0, 0.05) is 23.8 Å². The average Bonchev–Trinajstić information content (AvgIpc) is 2.38. The van der Waals surface area contributed by atoms with E-state index in [4.69, 9.17) is 0 Å². The van der Waals surface area contributed by atoms with Gasteiger partial charge in [0.05, 0.1) is 0 Å². The molecular weight excluding hydrogens is 208 g/mol. The molecule has 2 aromatic rings. The molecule has 2 rings (SSSR count). The molecular formula is C15H20N2+2. The Bertz CT molecular complexity index is 451. The van der Waals surface area contributed by atoms with Gasteiger partial charge in [0.2, 0.25) is 0 Å². The van der Waals surface area contributed by atoms with E-state index < -0.39 is 0 Å². The summed E-state index contributed by atoms with van der Waals surface area (Å²) in [6.07, 6.45) is 12.2. The van der Waals surface area contributed by atoms with Crippen molar-refractivity contribution in [2.24, 2.45) is 0 Å². The van der Waals surface area contributed by atoms with E-state index in [1.807, 2.05) is 6.07 Å². The molecule has 2 heteroatoms. The van der Waals surface area contributed by atoms with Crippen LogP contribution >= 0.6 is 0 Å². The summed E-state index contributed by atoms with van der Waals surface area (Å²) in [5.74, 6) is 0. The highest BCUT2D eigenvalue weighted by molar-refractivity contribution is 5.05. The Morgan fingerprint density at radius 3 is 2.47 bits per heavy atom. The van der Waals surface area contributed by atoms with E-state index in [9.17, 15) is 0 Å². The van der Waals surface area contributed by atoms with Gasteiger partial charge in [0.1, 0.15) is 0 Å². The van der Waals surface area contributed by atoms with E-state index in [1.54, 1.807) is 0 Å². The Kier molecular flexibility index (Phi) is 4.25. The number of rotatable bonds is 5. The van der Waals surface area contributed by atoms with Gasteiger partial charge < -0.3 is 0 Å². The van der Waals surface area contributed by atoms with Gasteiger partial charge in [-0.25, -0.2) is 0 Å². The van der Waals surface area contributed by atoms with E-state index in [1.165, 1.54) is 24.8 Å². The van der Waals surface area contributed by atoms with Crippen molar-refractivity contribution in [2.75, 3.05) is 0 Å². The van der Waals surface area contributed by atoms with Crippen LogP contribution in [-0.2, 0) is 13.1 Å². The molecule has 88 valence electrons. The van der Waals surface area contributed by atoms with Gasteiger partial charge in [0.15, 0.2) is 24.8 Å². The summed E-state index contributed by atoms with van der Waals surface area (Å²) in [6.45, 7) is 3.11. The second-order valence-electron chi connectivity index (χ2n) is 4.36. The molecule has 17 heavy (non-hydrogen) atoms. The molecule has 0 saturated heterocycles. The lowest BCUT2D eigenvalue weighted by Gasteiger charge is -1.98. The Balaban J connectivity index is 2.06. The van der Waals surface area contributed by atoms with Crippen LogP contribution in [0, 0.1) is 0 Å². The molecule has 0 aliphatic rings. The summed E-state index contributed by atoms with van der Waals surface area (Å²) >= 11 is 0. The van der Waals surface area contributed by atoms with E-state index in [0.29, 0.717) is 0 Å². The molecule has 0 aliphatic carbocycles. The third kappa shape index (κ3) is 3.66. The highest BCUT2D eigenvalue weighted by atomic mass is 15.1. The standard InChI is InChI=1S/C15H20N2/c1-2-3-8-15-9-7-12-17(13-15)14-16-10-5-4-6-11-16/h4-7,9-13H,2-3,8,14H2,1H3/q+2. The molecule has 0 amide bonds. The first-order chi connectivity index (χ1) is 8.38. The van der Waals surface area contributed by atoms with Crippen molar-refractivity contribution in [2.45, 2.75) is 32.9 Å². The Hall–Kier alpha value is -1.70. The number of nitrogens with zero attached hydrogens (tertiary/aromatic N) is 2. The van der Waals surface area contributed by atoms with Crippen molar-refractivity contribution >= 4 is 0 Å². The number of hydrogen-bond donors (Lipinski definition) is 0. The van der Waals surface area contributed by atoms with Crippen LogP contribution in [-0.4, -0.2) is 0 Å². The van der Waals surface area contributed by atoms with Gasteiger partial charge in [-0.1, -0.05) is 19.4 Å². The maximum absolute atomic E-state index is 2.25. The largest absolute Gasteiger partial charge is 0.343 e. The fraction of sp³-hybridized carbons (Fsp3) is 0.333. The van der Waals surface area contributed by atoms with Crippen molar-refractivity contribution in [1.29, 1.82) is 0 Å². The van der Waals surface area contributed by atoms with E-state index in [-0.39, 0.29) is 0 Å². The monoisotopic (exact) mass is 228 g/mol. The minimum atomic E-state index is 0.876. The summed E-state index contributed by atoms with van der Waals surface area (Å²) in [5.41, 5.74) is 1.42. The second kappa shape index (κ2) is 6.14. The Morgan fingerprint density at radius 2 is 1.71 bits per heavy atom. The molecule has 0 unspecified atom stereocenters. The predicted molar refractivity (Wildman–Crippen MR) is 67.3 cm³/mol. The molecule has 2 aromatic heterocycles. The zero-order valence-electron chi connectivity index (χ0n) is 10.4. The maximum Gasteiger partial charge on any atom is 0.343 e. The molecule has 0 N–H and O–H groups in total. The fourth-order valence-electron chi connectivity index (χ4n) is 1.91. The molecule has 0 saturated carbocycles. The van der Waals surface area contributed by atoms with Gasteiger partial charge in [-0.15, -0.1) is 9.13 Å². The van der Waals surface area contributed by atoms with Crippen LogP contribution in [0.2, 0.25) is 0 Å². The van der Waals surface area contributed by atoms with Crippen LogP contribution in [0.5, 0.6) is 0 Å². The zero-order chi connectivity index (χ0) is 11.9. The normalized spacial score (nSPS) is 10.4. The minimum Gasteiger partial charge on any atom is -0.147 e. The van der Waals surface area contributed by atoms with E-state index >= 15 is 0 Å². The average molecular weight is 228 g/mol. The van der Waals surface area contributed by atoms with Crippen LogP contribution in [0.3, 0.4) is 0 Å². The zero-order valence-corrected chi connectivity index (χ0v) is 10.4. The van der Waals surface area contributed by atoms with E-state index in [2.05, 4.69) is 65.1 Å². The summed E-state index contributed by atoms with van der Waals surface area (Å²) in [7, 11) is 0. The van der Waals surface area contributed by atoms with Crippen molar-refractivity contribution in [1.82, 2.24) is 0 Å². The maximum atomic E-state index is 2.25. The first-order valence-electron chi connectivity index (χ1n) is 6.30. The van der Waals surface area contributed by atoms with Gasteiger partial charge in [0.25, 0.3) is 0 Å². The highest BCUT2D eigenvalue weighted by Gasteiger charge is 2.07. The summed E-state index contributed by atoms with van der Waals surface area (Å²) < 4.78 is 4.40. The summed E-state index contributed by atoms with van der Waals surface area (Å²) in [6, 6.07) is 10.5. The van der Waals surface area contributed by atoms with Gasteiger partial charge in [-0.3, -0.25) is 0 Å². The van der Waals surface area contributed by atoms with Gasteiger partial charge in [-0.05, 0) is 18.9 Å². The lowest BCUT2D eigenvalue weighted by atomic mass is 10.1. The SMILES string of the molecule is CCCCc1ccc[n+](C[n+]2ccccc2)c1. The van der Waals surface area contributed by atoms with Crippen LogP contribution in [0.1, 0.15) is 25.3 Å². The minimum absolute atomic E-state index is 0.876. The van der Waals surface area contributed by atoms with Crippen LogP contribution in [0.25, 0.3) is 0 Å². The van der Waals surface area contributed by atoms with Crippen molar-refractivity contribution in [3.05, 3.63) is 60.7 Å². The summed E-state index contributed by atoms with van der Waals surface area (Å²) in [4.78, 5) is 0. The molecule has 2 heterocycles. The summed E-state index contributed by atoms with van der Waals surface area (Å²) in [5, 5.41) is 0. The number of unbranched alkanes of at least 4 members (excludes halogenated alkanes) is 1. The van der Waals surface area contributed by atoms with Crippen LogP contribution in [0.15, 0.2) is 55.1 Å². The van der Waals surface area contributed by atoms with Gasteiger partial charge in [-0.2, -0.15) is 0 Å². The molecule has 2 nitrogen and oxygen atoms in total. The molecule has 0 fully saturated rings. The molecule has 0 spiro atoms. The predicted octanol–water partition coefficient (Wildman–Crippen LogP) is 2.11. The van der Waals surface area contributed by atoms with Gasteiger partial charge >= 0.3 is 6.67 Å². The molecule has 0 bridgehead atoms. The quantitative estimate of drug-likeness (QED) is 0.693. The topological polar surface area (TPSA) is 7.76 Å². The molecule has 0 atom stereocenters. The lowest BCUT2D eigenvalue weighted by Crippen LogP contribution is -2.50. The molecule has 0 aliphatic heterocycles. The molecule has 0 radical (unpaired) electrons. The van der Waals surface area contributed by atoms with Crippen LogP contribution in [0.4, 0.5) is 0 Å². The number of aryl methyl sites for hydroxylation is 1. The first kappa shape index (κ1) is 11.8. The highest BCUT2D eigenvalue weighted by Crippen LogP contribution is 2.01. The third-order valence-electron chi connectivity index (χ3n) is 2.84. The number of hydrogen-bond acceptors (Lipinski definition) is 0. The van der Waals surface area contributed by atoms with Crippen molar-refractivity contribution < 1.29 is 9.13 Å². The van der Waals surface area contributed by atoms with Crippen molar-refractivity contribution in [3.8, 4) is 0 Å². The number of pyridine rings is 2. The smallest absolute Gasteiger partial charge is 0.147 e. The van der Waals surface area contributed by atoms with E-state index in [0.717, 1.165) is 6.67 Å². The fourth-order valence-corrected chi connectivity index (χ4v) is 1.91. The third-order valence-corrected chi connectivity index (χ3v) is 2.84. The van der Waals surface area contributed by atoms with Crippen molar-refractivity contribution in [3.63, 3.8) is 0 Å².